The van der Waals surface area contributed by atoms with Crippen molar-refractivity contribution in [3.05, 3.63) is 28.4 Å². The standard InChI is InChI=1S/C20H31N3O4/c1-15-12-23(16(24)11-21-15)14-20(26)9-10-22(17(25)27-18(2,3)4)13-19(20)7-5-6-8-19/h11-12,26H,5-10,13-14H2,1-4H3. The number of hydrogen-bond acceptors (Lipinski definition) is 5. The minimum absolute atomic E-state index is 0.211. The van der Waals surface area contributed by atoms with E-state index in [2.05, 4.69) is 4.98 Å². The number of aliphatic hydroxyl groups is 1. The van der Waals surface area contributed by atoms with Crippen molar-refractivity contribution in [3.63, 3.8) is 0 Å². The number of hydrogen-bond donors (Lipinski definition) is 1. The maximum absolute atomic E-state index is 12.6. The van der Waals surface area contributed by atoms with Crippen LogP contribution in [0.1, 0.15) is 58.6 Å². The van der Waals surface area contributed by atoms with Crippen molar-refractivity contribution < 1.29 is 14.6 Å². The molecule has 1 aromatic heterocycles. The van der Waals surface area contributed by atoms with E-state index in [-0.39, 0.29) is 18.2 Å². The molecule has 1 saturated carbocycles. The minimum atomic E-state index is -1.03. The fourth-order valence-electron chi connectivity index (χ4n) is 4.54. The second-order valence-corrected chi connectivity index (χ2v) is 9.17. The molecule has 150 valence electrons. The van der Waals surface area contributed by atoms with E-state index in [0.717, 1.165) is 31.4 Å². The van der Waals surface area contributed by atoms with E-state index in [0.29, 0.717) is 19.5 Å². The Hall–Kier alpha value is -1.89. The van der Waals surface area contributed by atoms with Crippen LogP contribution >= 0.6 is 0 Å². The van der Waals surface area contributed by atoms with Crippen LogP contribution in [0.25, 0.3) is 0 Å². The van der Waals surface area contributed by atoms with Crippen molar-refractivity contribution in [1.29, 1.82) is 0 Å². The monoisotopic (exact) mass is 377 g/mol. The minimum Gasteiger partial charge on any atom is -0.444 e. The van der Waals surface area contributed by atoms with Crippen LogP contribution < -0.4 is 5.56 Å². The van der Waals surface area contributed by atoms with E-state index in [1.807, 2.05) is 27.7 Å². The zero-order chi connectivity index (χ0) is 19.9. The first-order valence-corrected chi connectivity index (χ1v) is 9.77. The zero-order valence-electron chi connectivity index (χ0n) is 16.8. The molecule has 0 radical (unpaired) electrons. The molecule has 1 aliphatic carbocycles. The molecule has 1 spiro atoms. The summed E-state index contributed by atoms with van der Waals surface area (Å²) in [4.78, 5) is 30.6. The highest BCUT2D eigenvalue weighted by atomic mass is 16.6. The highest BCUT2D eigenvalue weighted by Gasteiger charge is 2.56. The molecule has 27 heavy (non-hydrogen) atoms. The average Bonchev–Trinajstić information content (AvgIpc) is 3.02. The SMILES string of the molecule is Cc1cn(CC2(O)CCN(C(=O)OC(C)(C)C)CC23CCCC3)c(=O)cn1. The molecule has 2 fully saturated rings. The Balaban J connectivity index is 1.85. The molecule has 0 bridgehead atoms. The number of piperidine rings is 1. The Kier molecular flexibility index (Phi) is 5.10. The van der Waals surface area contributed by atoms with E-state index in [1.165, 1.54) is 6.20 Å². The molecule has 1 aromatic rings. The predicted molar refractivity (Wildman–Crippen MR) is 102 cm³/mol. The Labute approximate surface area is 160 Å². The topological polar surface area (TPSA) is 84.7 Å². The molecular weight excluding hydrogens is 346 g/mol. The molecule has 1 aliphatic heterocycles. The molecule has 1 saturated heterocycles. The van der Waals surface area contributed by atoms with E-state index in [9.17, 15) is 14.7 Å². The van der Waals surface area contributed by atoms with Crippen LogP contribution in [-0.4, -0.2) is 49.9 Å². The quantitative estimate of drug-likeness (QED) is 0.856. The Morgan fingerprint density at radius 1 is 1.30 bits per heavy atom. The Morgan fingerprint density at radius 2 is 1.96 bits per heavy atom. The molecule has 1 N–H and O–H groups in total. The number of rotatable bonds is 2. The summed E-state index contributed by atoms with van der Waals surface area (Å²) in [5.74, 6) is 0. The first kappa shape index (κ1) is 19.9. The van der Waals surface area contributed by atoms with Crippen molar-refractivity contribution in [1.82, 2.24) is 14.5 Å². The summed E-state index contributed by atoms with van der Waals surface area (Å²) in [5.41, 5.74) is -1.45. The lowest BCUT2D eigenvalue weighted by Crippen LogP contribution is -2.62. The lowest BCUT2D eigenvalue weighted by atomic mass is 9.66. The van der Waals surface area contributed by atoms with Crippen LogP contribution in [0.4, 0.5) is 4.79 Å². The third kappa shape index (κ3) is 4.03. The third-order valence-corrected chi connectivity index (χ3v) is 5.92. The maximum Gasteiger partial charge on any atom is 0.410 e. The smallest absolute Gasteiger partial charge is 0.410 e. The Morgan fingerprint density at radius 3 is 2.59 bits per heavy atom. The van der Waals surface area contributed by atoms with Gasteiger partial charge in [0.1, 0.15) is 5.60 Å². The molecule has 2 heterocycles. The number of aryl methyl sites for hydroxylation is 1. The first-order chi connectivity index (χ1) is 12.5. The normalized spacial score (nSPS) is 25.0. The molecule has 1 amide bonds. The maximum atomic E-state index is 12.6. The Bertz CT molecular complexity index is 761. The van der Waals surface area contributed by atoms with E-state index < -0.39 is 16.6 Å². The fourth-order valence-corrected chi connectivity index (χ4v) is 4.54. The number of carbonyl (C=O) groups is 1. The number of amides is 1. The van der Waals surface area contributed by atoms with Gasteiger partial charge in [0, 0.05) is 24.7 Å². The zero-order valence-corrected chi connectivity index (χ0v) is 16.8. The van der Waals surface area contributed by atoms with Crippen LogP contribution in [0.2, 0.25) is 0 Å². The van der Waals surface area contributed by atoms with Crippen molar-refractivity contribution in [3.8, 4) is 0 Å². The van der Waals surface area contributed by atoms with E-state index >= 15 is 0 Å². The van der Waals surface area contributed by atoms with Crippen LogP contribution in [-0.2, 0) is 11.3 Å². The van der Waals surface area contributed by atoms with Crippen molar-refractivity contribution >= 4 is 6.09 Å². The second kappa shape index (κ2) is 6.93. The summed E-state index contributed by atoms with van der Waals surface area (Å²) in [7, 11) is 0. The number of ether oxygens (including phenoxy) is 1. The van der Waals surface area contributed by atoms with Crippen molar-refractivity contribution in [2.45, 2.75) is 77.5 Å². The van der Waals surface area contributed by atoms with Gasteiger partial charge >= 0.3 is 6.09 Å². The lowest BCUT2D eigenvalue weighted by Gasteiger charge is -2.52. The van der Waals surface area contributed by atoms with Gasteiger partial charge in [-0.15, -0.1) is 0 Å². The molecule has 0 aromatic carbocycles. The van der Waals surface area contributed by atoms with Crippen LogP contribution in [0.15, 0.2) is 17.2 Å². The molecule has 7 nitrogen and oxygen atoms in total. The van der Waals surface area contributed by atoms with Gasteiger partial charge in [0.05, 0.1) is 24.0 Å². The molecule has 7 heteroatoms. The van der Waals surface area contributed by atoms with Gasteiger partial charge in [-0.05, 0) is 47.0 Å². The number of nitrogens with zero attached hydrogens (tertiary/aromatic N) is 3. The summed E-state index contributed by atoms with van der Waals surface area (Å²) in [6.45, 7) is 8.52. The molecular formula is C20H31N3O4. The third-order valence-electron chi connectivity index (χ3n) is 5.92. The summed E-state index contributed by atoms with van der Waals surface area (Å²) < 4.78 is 7.10. The van der Waals surface area contributed by atoms with Gasteiger partial charge in [0.15, 0.2) is 0 Å². The highest BCUT2D eigenvalue weighted by molar-refractivity contribution is 5.68. The second-order valence-electron chi connectivity index (χ2n) is 9.17. The fraction of sp³-hybridized carbons (Fsp3) is 0.750. The first-order valence-electron chi connectivity index (χ1n) is 9.77. The van der Waals surface area contributed by atoms with Gasteiger partial charge in [-0.25, -0.2) is 4.79 Å². The van der Waals surface area contributed by atoms with Crippen LogP contribution in [0, 0.1) is 12.3 Å². The predicted octanol–water partition coefficient (Wildman–Crippen LogP) is 2.48. The largest absolute Gasteiger partial charge is 0.444 e. The summed E-state index contributed by atoms with van der Waals surface area (Å²) in [6, 6.07) is 0. The highest BCUT2D eigenvalue weighted by Crippen LogP contribution is 2.51. The number of carbonyl (C=O) groups excluding carboxylic acids is 1. The summed E-state index contributed by atoms with van der Waals surface area (Å²) in [5, 5.41) is 11.7. The van der Waals surface area contributed by atoms with Gasteiger partial charge in [-0.2, -0.15) is 0 Å². The van der Waals surface area contributed by atoms with Crippen LogP contribution in [0.5, 0.6) is 0 Å². The van der Waals surface area contributed by atoms with Gasteiger partial charge in [0.25, 0.3) is 5.56 Å². The van der Waals surface area contributed by atoms with Crippen LogP contribution in [0.3, 0.4) is 0 Å². The van der Waals surface area contributed by atoms with Crippen molar-refractivity contribution in [2.75, 3.05) is 13.1 Å². The van der Waals surface area contributed by atoms with Gasteiger partial charge in [-0.3, -0.25) is 9.78 Å². The molecule has 2 aliphatic rings. The molecule has 1 atom stereocenters. The van der Waals surface area contributed by atoms with Gasteiger partial charge in [0.2, 0.25) is 0 Å². The van der Waals surface area contributed by atoms with Gasteiger partial charge < -0.3 is 19.3 Å². The number of likely N-dealkylation sites (tertiary alicyclic amines) is 1. The van der Waals surface area contributed by atoms with E-state index in [4.69, 9.17) is 4.74 Å². The summed E-state index contributed by atoms with van der Waals surface area (Å²) in [6.07, 6.45) is 6.85. The number of aromatic nitrogens is 2. The summed E-state index contributed by atoms with van der Waals surface area (Å²) >= 11 is 0. The van der Waals surface area contributed by atoms with Gasteiger partial charge in [-0.1, -0.05) is 12.8 Å². The average molecular weight is 377 g/mol. The molecule has 1 unspecified atom stereocenters. The lowest BCUT2D eigenvalue weighted by molar-refractivity contribution is -0.140. The molecule has 3 rings (SSSR count). The van der Waals surface area contributed by atoms with Crippen molar-refractivity contribution in [2.24, 2.45) is 5.41 Å². The van der Waals surface area contributed by atoms with E-state index in [1.54, 1.807) is 15.7 Å².